The molecule has 0 spiro atoms. The Hall–Kier alpha value is -0.870. The fourth-order valence-corrected chi connectivity index (χ4v) is 3.13. The zero-order valence-corrected chi connectivity index (χ0v) is 11.8. The largest absolute Gasteiger partial charge is 0.478 e. The topological polar surface area (TPSA) is 33.6 Å². The van der Waals surface area contributed by atoms with E-state index in [0.29, 0.717) is 12.5 Å². The zero-order chi connectivity index (χ0) is 12.4. The minimum absolute atomic E-state index is 0.150. The third-order valence-electron chi connectivity index (χ3n) is 3.58. The van der Waals surface area contributed by atoms with Crippen LogP contribution in [0.1, 0.15) is 24.4 Å². The van der Waals surface area contributed by atoms with Crippen LogP contribution >= 0.6 is 15.9 Å². The number of aliphatic imine (C=N–C) groups is 1. The van der Waals surface area contributed by atoms with Crippen molar-refractivity contribution in [2.24, 2.45) is 10.9 Å². The number of nitrogens with zero attached hydrogens (tertiary/aromatic N) is 1. The molecule has 2 unspecified atom stereocenters. The second-order valence-electron chi connectivity index (χ2n) is 4.86. The summed E-state index contributed by atoms with van der Waals surface area (Å²) in [5.41, 5.74) is 1.22. The summed E-state index contributed by atoms with van der Waals surface area (Å²) in [6, 6.07) is 8.40. The van der Waals surface area contributed by atoms with Crippen molar-refractivity contribution >= 4 is 21.8 Å². The Labute approximate surface area is 116 Å². The summed E-state index contributed by atoms with van der Waals surface area (Å²) >= 11 is 3.59. The molecule has 18 heavy (non-hydrogen) atoms. The summed E-state index contributed by atoms with van der Waals surface area (Å²) in [4.78, 5) is 4.77. The van der Waals surface area contributed by atoms with Gasteiger partial charge in [0, 0.05) is 16.9 Å². The van der Waals surface area contributed by atoms with Crippen molar-refractivity contribution in [2.45, 2.75) is 18.9 Å². The molecule has 2 aliphatic rings. The van der Waals surface area contributed by atoms with Crippen molar-refractivity contribution in [3.63, 3.8) is 0 Å². The van der Waals surface area contributed by atoms with Crippen molar-refractivity contribution in [2.75, 3.05) is 19.7 Å². The van der Waals surface area contributed by atoms with E-state index in [-0.39, 0.29) is 6.04 Å². The highest BCUT2D eigenvalue weighted by Gasteiger charge is 2.28. The Morgan fingerprint density at radius 2 is 2.22 bits per heavy atom. The van der Waals surface area contributed by atoms with Crippen molar-refractivity contribution in [1.82, 2.24) is 5.32 Å². The molecule has 1 aromatic carbocycles. The number of hydrogen-bond donors (Lipinski definition) is 1. The van der Waals surface area contributed by atoms with E-state index in [1.165, 1.54) is 18.4 Å². The lowest BCUT2D eigenvalue weighted by Crippen LogP contribution is -2.34. The molecule has 0 aliphatic carbocycles. The van der Waals surface area contributed by atoms with E-state index in [4.69, 9.17) is 9.73 Å². The van der Waals surface area contributed by atoms with E-state index in [0.717, 1.165) is 23.5 Å². The highest BCUT2D eigenvalue weighted by atomic mass is 79.9. The number of benzene rings is 1. The normalized spacial score (nSPS) is 27.7. The monoisotopic (exact) mass is 308 g/mol. The maximum atomic E-state index is 5.80. The van der Waals surface area contributed by atoms with Crippen molar-refractivity contribution in [1.29, 1.82) is 0 Å². The van der Waals surface area contributed by atoms with Crippen LogP contribution in [0.25, 0.3) is 0 Å². The average molecular weight is 309 g/mol. The molecule has 3 rings (SSSR count). The first kappa shape index (κ1) is 12.2. The van der Waals surface area contributed by atoms with Gasteiger partial charge in [0.2, 0.25) is 0 Å². The molecule has 2 heterocycles. The summed E-state index contributed by atoms with van der Waals surface area (Å²) in [7, 11) is 0. The van der Waals surface area contributed by atoms with Gasteiger partial charge in [-0.25, -0.2) is 4.99 Å². The minimum atomic E-state index is 0.150. The average Bonchev–Trinajstić information content (AvgIpc) is 2.90. The Morgan fingerprint density at radius 3 is 3.00 bits per heavy atom. The molecule has 2 aliphatic heterocycles. The van der Waals surface area contributed by atoms with Gasteiger partial charge < -0.3 is 10.1 Å². The van der Waals surface area contributed by atoms with Crippen molar-refractivity contribution in [3.8, 4) is 0 Å². The lowest BCUT2D eigenvalue weighted by Gasteiger charge is -2.21. The fraction of sp³-hybridized carbons (Fsp3) is 0.500. The molecule has 1 aromatic rings. The summed E-state index contributed by atoms with van der Waals surface area (Å²) in [6.07, 6.45) is 2.40. The van der Waals surface area contributed by atoms with Gasteiger partial charge in [0.15, 0.2) is 5.90 Å². The third kappa shape index (κ3) is 2.45. The van der Waals surface area contributed by atoms with Gasteiger partial charge in [-0.2, -0.15) is 0 Å². The molecule has 0 aromatic heterocycles. The molecule has 0 radical (unpaired) electrons. The standard InChI is InChI=1S/C14H17BrN2O/c15-12-6-2-1-5-11(12)13-9-18-14(17-13)10-4-3-7-16-8-10/h1-2,5-6,10,13,16H,3-4,7-9H2. The van der Waals surface area contributed by atoms with E-state index in [9.17, 15) is 0 Å². The van der Waals surface area contributed by atoms with Gasteiger partial charge >= 0.3 is 0 Å². The van der Waals surface area contributed by atoms with Crippen LogP contribution in [0, 0.1) is 5.92 Å². The SMILES string of the molecule is Brc1ccccc1C1COC(C2CCCNC2)=N1. The van der Waals surface area contributed by atoms with Crippen LogP contribution in [-0.2, 0) is 4.74 Å². The fourth-order valence-electron chi connectivity index (χ4n) is 2.58. The van der Waals surface area contributed by atoms with Gasteiger partial charge in [-0.3, -0.25) is 0 Å². The van der Waals surface area contributed by atoms with E-state index in [1.54, 1.807) is 0 Å². The molecule has 0 amide bonds. The predicted molar refractivity (Wildman–Crippen MR) is 75.9 cm³/mol. The molecule has 3 nitrogen and oxygen atoms in total. The molecule has 96 valence electrons. The van der Waals surface area contributed by atoms with Crippen LogP contribution in [0.2, 0.25) is 0 Å². The highest BCUT2D eigenvalue weighted by molar-refractivity contribution is 9.10. The predicted octanol–water partition coefficient (Wildman–Crippen LogP) is 2.92. The number of ether oxygens (including phenoxy) is 1. The number of nitrogens with one attached hydrogen (secondary N) is 1. The first-order valence-corrected chi connectivity index (χ1v) is 7.29. The van der Waals surface area contributed by atoms with Crippen LogP contribution in [0.15, 0.2) is 33.7 Å². The van der Waals surface area contributed by atoms with Gasteiger partial charge in [-0.05, 0) is 31.0 Å². The molecular weight excluding hydrogens is 292 g/mol. The van der Waals surface area contributed by atoms with Crippen molar-refractivity contribution in [3.05, 3.63) is 34.3 Å². The van der Waals surface area contributed by atoms with E-state index in [1.807, 2.05) is 6.07 Å². The summed E-state index contributed by atoms with van der Waals surface area (Å²) < 4.78 is 6.92. The van der Waals surface area contributed by atoms with E-state index in [2.05, 4.69) is 39.4 Å². The van der Waals surface area contributed by atoms with Gasteiger partial charge in [-0.1, -0.05) is 34.1 Å². The smallest absolute Gasteiger partial charge is 0.188 e. The number of piperidine rings is 1. The Bertz CT molecular complexity index is 455. The van der Waals surface area contributed by atoms with Crippen LogP contribution < -0.4 is 5.32 Å². The van der Waals surface area contributed by atoms with E-state index < -0.39 is 0 Å². The Balaban J connectivity index is 1.77. The molecule has 4 heteroatoms. The lowest BCUT2D eigenvalue weighted by atomic mass is 9.99. The molecular formula is C14H17BrN2O. The van der Waals surface area contributed by atoms with Crippen LogP contribution in [-0.4, -0.2) is 25.6 Å². The maximum Gasteiger partial charge on any atom is 0.188 e. The molecule has 0 bridgehead atoms. The van der Waals surface area contributed by atoms with Gasteiger partial charge in [0.1, 0.15) is 12.6 Å². The lowest BCUT2D eigenvalue weighted by molar-refractivity contribution is 0.286. The number of rotatable bonds is 2. The molecule has 1 saturated heterocycles. The first-order chi connectivity index (χ1) is 8.84. The highest BCUT2D eigenvalue weighted by Crippen LogP contribution is 2.31. The summed E-state index contributed by atoms with van der Waals surface area (Å²) in [5, 5.41) is 3.41. The number of hydrogen-bond acceptors (Lipinski definition) is 3. The zero-order valence-electron chi connectivity index (χ0n) is 10.2. The second-order valence-corrected chi connectivity index (χ2v) is 5.71. The molecule has 2 atom stereocenters. The maximum absolute atomic E-state index is 5.80. The molecule has 1 fully saturated rings. The Kier molecular flexibility index (Phi) is 3.66. The van der Waals surface area contributed by atoms with Gasteiger partial charge in [0.25, 0.3) is 0 Å². The third-order valence-corrected chi connectivity index (χ3v) is 4.30. The molecule has 0 saturated carbocycles. The minimum Gasteiger partial charge on any atom is -0.478 e. The van der Waals surface area contributed by atoms with Crippen LogP contribution in [0.4, 0.5) is 0 Å². The second kappa shape index (κ2) is 5.41. The van der Waals surface area contributed by atoms with Crippen LogP contribution in [0.3, 0.4) is 0 Å². The quantitative estimate of drug-likeness (QED) is 0.911. The summed E-state index contributed by atoms with van der Waals surface area (Å²) in [6.45, 7) is 2.80. The molecule has 1 N–H and O–H groups in total. The van der Waals surface area contributed by atoms with Crippen molar-refractivity contribution < 1.29 is 4.74 Å². The van der Waals surface area contributed by atoms with Crippen LogP contribution in [0.5, 0.6) is 0 Å². The van der Waals surface area contributed by atoms with Gasteiger partial charge in [-0.15, -0.1) is 0 Å². The first-order valence-electron chi connectivity index (χ1n) is 6.50. The van der Waals surface area contributed by atoms with E-state index >= 15 is 0 Å². The Morgan fingerprint density at radius 1 is 1.33 bits per heavy atom. The van der Waals surface area contributed by atoms with Gasteiger partial charge in [0.05, 0.1) is 0 Å². The summed E-state index contributed by atoms with van der Waals surface area (Å²) in [5.74, 6) is 1.41. The number of halogens is 1.